The molecule has 0 amide bonds. The van der Waals surface area contributed by atoms with E-state index in [1.54, 1.807) is 0 Å². The molecule has 0 spiro atoms. The van der Waals surface area contributed by atoms with Gasteiger partial charge in [-0.15, -0.1) is 0 Å². The Balaban J connectivity index is 3.78. The molecule has 0 aliphatic carbocycles. The highest BCUT2D eigenvalue weighted by atomic mass is 16.6. The second-order valence-corrected chi connectivity index (χ2v) is 2.77. The number of ether oxygens (including phenoxy) is 2. The Morgan fingerprint density at radius 1 is 1.00 bits per heavy atom. The topological polar surface area (TPSA) is 93.1 Å². The zero-order chi connectivity index (χ0) is 12.6. The van der Waals surface area contributed by atoms with Crippen LogP contribution in [-0.2, 0) is 19.1 Å². The summed E-state index contributed by atoms with van der Waals surface area (Å²) in [6, 6.07) is 0. The molecule has 0 saturated heterocycles. The molecule has 2 unspecified atom stereocenters. The standard InChI is InChI=1S/C10H14O6/c1-3-7(11)15-9(13)5-6-10(14)16-8(12)4-2/h3-4,9-10,13-14H,1-2,5-6H2. The molecule has 6 nitrogen and oxygen atoms in total. The first kappa shape index (κ1) is 14.3. The quantitative estimate of drug-likeness (QED) is 0.359. The fraction of sp³-hybridized carbons (Fsp3) is 0.400. The summed E-state index contributed by atoms with van der Waals surface area (Å²) < 4.78 is 8.82. The molecule has 0 aromatic carbocycles. The van der Waals surface area contributed by atoms with Gasteiger partial charge in [0, 0.05) is 25.0 Å². The highest BCUT2D eigenvalue weighted by Gasteiger charge is 2.13. The first-order chi connectivity index (χ1) is 7.49. The normalized spacial score (nSPS) is 13.4. The molecule has 90 valence electrons. The summed E-state index contributed by atoms with van der Waals surface area (Å²) in [7, 11) is 0. The summed E-state index contributed by atoms with van der Waals surface area (Å²) in [6.07, 6.45) is -1.07. The van der Waals surface area contributed by atoms with Crippen molar-refractivity contribution in [2.75, 3.05) is 0 Å². The number of hydrogen-bond donors (Lipinski definition) is 2. The maximum absolute atomic E-state index is 10.6. The van der Waals surface area contributed by atoms with E-state index in [4.69, 9.17) is 10.2 Å². The van der Waals surface area contributed by atoms with Crippen LogP contribution in [0.25, 0.3) is 0 Å². The van der Waals surface area contributed by atoms with Gasteiger partial charge in [-0.3, -0.25) is 0 Å². The molecule has 0 aromatic rings. The summed E-state index contributed by atoms with van der Waals surface area (Å²) in [4.78, 5) is 21.3. The van der Waals surface area contributed by atoms with Gasteiger partial charge >= 0.3 is 11.9 Å². The summed E-state index contributed by atoms with van der Waals surface area (Å²) in [6.45, 7) is 6.29. The fourth-order valence-electron chi connectivity index (χ4n) is 0.767. The van der Waals surface area contributed by atoms with Gasteiger partial charge in [0.25, 0.3) is 0 Å². The minimum atomic E-state index is -1.37. The van der Waals surface area contributed by atoms with Gasteiger partial charge in [0.15, 0.2) is 0 Å². The Morgan fingerprint density at radius 3 is 1.56 bits per heavy atom. The number of aliphatic hydroxyl groups excluding tert-OH is 2. The molecule has 2 atom stereocenters. The zero-order valence-corrected chi connectivity index (χ0v) is 8.67. The Bertz CT molecular complexity index is 244. The summed E-state index contributed by atoms with van der Waals surface area (Å²) in [5, 5.41) is 18.3. The number of hydrogen-bond acceptors (Lipinski definition) is 6. The molecule has 0 saturated carbocycles. The van der Waals surface area contributed by atoms with Crippen molar-refractivity contribution >= 4 is 11.9 Å². The second kappa shape index (κ2) is 7.61. The highest BCUT2D eigenvalue weighted by molar-refractivity contribution is 5.81. The number of carbonyl (C=O) groups is 2. The van der Waals surface area contributed by atoms with E-state index in [2.05, 4.69) is 22.6 Å². The van der Waals surface area contributed by atoms with Crippen molar-refractivity contribution in [3.05, 3.63) is 25.3 Å². The molecule has 0 rings (SSSR count). The lowest BCUT2D eigenvalue weighted by atomic mass is 10.3. The largest absolute Gasteiger partial charge is 0.433 e. The number of aliphatic hydroxyl groups is 2. The van der Waals surface area contributed by atoms with Gasteiger partial charge in [-0.1, -0.05) is 13.2 Å². The van der Waals surface area contributed by atoms with Crippen molar-refractivity contribution in [1.82, 2.24) is 0 Å². The van der Waals surface area contributed by atoms with Crippen LogP contribution in [0, 0.1) is 0 Å². The number of esters is 2. The van der Waals surface area contributed by atoms with Crippen molar-refractivity contribution in [3.8, 4) is 0 Å². The minimum Gasteiger partial charge on any atom is -0.433 e. The van der Waals surface area contributed by atoms with Gasteiger partial charge < -0.3 is 19.7 Å². The van der Waals surface area contributed by atoms with E-state index in [1.807, 2.05) is 0 Å². The highest BCUT2D eigenvalue weighted by Crippen LogP contribution is 2.05. The molecule has 0 fully saturated rings. The molecule has 0 aliphatic rings. The van der Waals surface area contributed by atoms with Crippen molar-refractivity contribution in [1.29, 1.82) is 0 Å². The van der Waals surface area contributed by atoms with Gasteiger partial charge in [-0.25, -0.2) is 9.59 Å². The van der Waals surface area contributed by atoms with E-state index in [0.29, 0.717) is 0 Å². The lowest BCUT2D eigenvalue weighted by Gasteiger charge is -2.13. The van der Waals surface area contributed by atoms with Gasteiger partial charge in [0.2, 0.25) is 12.6 Å². The van der Waals surface area contributed by atoms with Gasteiger partial charge in [-0.2, -0.15) is 0 Å². The minimum absolute atomic E-state index is 0.0643. The predicted octanol–water partition coefficient (Wildman–Crippen LogP) is -0.138. The molecule has 0 aromatic heterocycles. The number of carbonyl (C=O) groups excluding carboxylic acids is 2. The number of rotatable bonds is 7. The maximum atomic E-state index is 10.6. The SMILES string of the molecule is C=CC(=O)OC(O)CCC(O)OC(=O)C=C. The van der Waals surface area contributed by atoms with Crippen molar-refractivity contribution in [2.45, 2.75) is 25.4 Å². The maximum Gasteiger partial charge on any atom is 0.332 e. The van der Waals surface area contributed by atoms with Crippen LogP contribution < -0.4 is 0 Å². The van der Waals surface area contributed by atoms with Gasteiger partial charge in [-0.05, 0) is 0 Å². The van der Waals surface area contributed by atoms with Crippen LogP contribution >= 0.6 is 0 Å². The van der Waals surface area contributed by atoms with Crippen molar-refractivity contribution in [2.24, 2.45) is 0 Å². The van der Waals surface area contributed by atoms with E-state index in [9.17, 15) is 9.59 Å². The van der Waals surface area contributed by atoms with Gasteiger partial charge in [0.05, 0.1) is 0 Å². The van der Waals surface area contributed by atoms with Crippen LogP contribution in [-0.4, -0.2) is 34.7 Å². The van der Waals surface area contributed by atoms with Crippen LogP contribution in [0.15, 0.2) is 25.3 Å². The Hall–Kier alpha value is -1.66. The Labute approximate surface area is 92.8 Å². The predicted molar refractivity (Wildman–Crippen MR) is 53.8 cm³/mol. The molecular weight excluding hydrogens is 216 g/mol. The lowest BCUT2D eigenvalue weighted by Crippen LogP contribution is -2.21. The van der Waals surface area contributed by atoms with E-state index < -0.39 is 24.5 Å². The second-order valence-electron chi connectivity index (χ2n) is 2.77. The third kappa shape index (κ3) is 6.74. The summed E-state index contributed by atoms with van der Waals surface area (Å²) >= 11 is 0. The average Bonchev–Trinajstić information content (AvgIpc) is 2.26. The van der Waals surface area contributed by atoms with Crippen molar-refractivity contribution in [3.63, 3.8) is 0 Å². The van der Waals surface area contributed by atoms with Crippen LogP contribution in [0.1, 0.15) is 12.8 Å². The fourth-order valence-corrected chi connectivity index (χ4v) is 0.767. The first-order valence-corrected chi connectivity index (χ1v) is 4.51. The molecule has 0 bridgehead atoms. The van der Waals surface area contributed by atoms with E-state index >= 15 is 0 Å². The summed E-state index contributed by atoms with van der Waals surface area (Å²) in [5.74, 6) is -1.55. The van der Waals surface area contributed by atoms with Crippen LogP contribution in [0.2, 0.25) is 0 Å². The molecule has 0 heterocycles. The van der Waals surface area contributed by atoms with Crippen molar-refractivity contribution < 1.29 is 29.3 Å². The lowest BCUT2D eigenvalue weighted by molar-refractivity contribution is -0.174. The van der Waals surface area contributed by atoms with E-state index in [-0.39, 0.29) is 12.8 Å². The van der Waals surface area contributed by atoms with E-state index in [1.165, 1.54) is 0 Å². The molecule has 2 N–H and O–H groups in total. The smallest absolute Gasteiger partial charge is 0.332 e. The van der Waals surface area contributed by atoms with E-state index in [0.717, 1.165) is 12.2 Å². The first-order valence-electron chi connectivity index (χ1n) is 4.51. The van der Waals surface area contributed by atoms with Crippen LogP contribution in [0.5, 0.6) is 0 Å². The molecular formula is C10H14O6. The molecule has 0 aliphatic heterocycles. The Kier molecular flexibility index (Phi) is 6.82. The zero-order valence-electron chi connectivity index (χ0n) is 8.67. The Morgan fingerprint density at radius 2 is 1.31 bits per heavy atom. The third-order valence-electron chi connectivity index (χ3n) is 1.50. The summed E-state index contributed by atoms with van der Waals surface area (Å²) in [5.41, 5.74) is 0. The molecule has 0 radical (unpaired) electrons. The van der Waals surface area contributed by atoms with Crippen LogP contribution in [0.3, 0.4) is 0 Å². The monoisotopic (exact) mass is 230 g/mol. The van der Waals surface area contributed by atoms with Gasteiger partial charge in [0.1, 0.15) is 0 Å². The molecule has 16 heavy (non-hydrogen) atoms. The van der Waals surface area contributed by atoms with Crippen LogP contribution in [0.4, 0.5) is 0 Å². The molecule has 6 heteroatoms. The average molecular weight is 230 g/mol. The third-order valence-corrected chi connectivity index (χ3v) is 1.50.